The summed E-state index contributed by atoms with van der Waals surface area (Å²) in [6, 6.07) is 16.3. The maximum Gasteiger partial charge on any atom is 0.271 e. The summed E-state index contributed by atoms with van der Waals surface area (Å²) in [7, 11) is -1.35. The molecule has 1 unspecified atom stereocenters. The van der Waals surface area contributed by atoms with Crippen molar-refractivity contribution in [2.45, 2.75) is 55.8 Å². The predicted octanol–water partition coefficient (Wildman–Crippen LogP) is 5.66. The van der Waals surface area contributed by atoms with Crippen molar-refractivity contribution in [3.63, 3.8) is 0 Å². The van der Waals surface area contributed by atoms with Crippen molar-refractivity contribution >= 4 is 33.2 Å². The Hall–Kier alpha value is -3.90. The van der Waals surface area contributed by atoms with Crippen LogP contribution in [0.3, 0.4) is 0 Å². The fourth-order valence-electron chi connectivity index (χ4n) is 6.42. The van der Waals surface area contributed by atoms with Crippen molar-refractivity contribution in [1.29, 1.82) is 0 Å². The topological polar surface area (TPSA) is 114 Å². The molecule has 1 aromatic heterocycles. The predicted molar refractivity (Wildman–Crippen MR) is 170 cm³/mol. The smallest absolute Gasteiger partial charge is 0.271 e. The maximum absolute atomic E-state index is 15.3. The van der Waals surface area contributed by atoms with Crippen molar-refractivity contribution in [3.8, 4) is 11.5 Å². The molecule has 2 aliphatic heterocycles. The summed E-state index contributed by atoms with van der Waals surface area (Å²) in [5.74, 6) is 0.710. The molecule has 1 fully saturated rings. The summed E-state index contributed by atoms with van der Waals surface area (Å²) >= 11 is 6.63. The van der Waals surface area contributed by atoms with E-state index in [9.17, 15) is 8.42 Å². The Morgan fingerprint density at radius 1 is 1.07 bits per heavy atom. The number of ether oxygens (including phenoxy) is 2. The molecular formula is C33H35ClN4O6S. The third-order valence-corrected chi connectivity index (χ3v) is 10.4. The zero-order valence-electron chi connectivity index (χ0n) is 25.5. The Bertz CT molecular complexity index is 1810. The number of halogens is 1. The third-order valence-electron chi connectivity index (χ3n) is 8.45. The van der Waals surface area contributed by atoms with Crippen LogP contribution in [0.2, 0.25) is 5.02 Å². The molecule has 0 bridgehead atoms. The summed E-state index contributed by atoms with van der Waals surface area (Å²) < 4.78 is 46.8. The molecule has 0 radical (unpaired) electrons. The number of likely N-dealkylation sites (tertiary alicyclic amines) is 1. The van der Waals surface area contributed by atoms with Crippen molar-refractivity contribution < 1.29 is 27.1 Å². The summed E-state index contributed by atoms with van der Waals surface area (Å²) in [5, 5.41) is 3.77. The molecular weight excluding hydrogens is 616 g/mol. The van der Waals surface area contributed by atoms with E-state index in [0.717, 1.165) is 16.3 Å². The number of benzene rings is 3. The molecule has 3 aromatic carbocycles. The van der Waals surface area contributed by atoms with Crippen molar-refractivity contribution in [1.82, 2.24) is 15.2 Å². The van der Waals surface area contributed by atoms with Gasteiger partial charge in [0.05, 0.1) is 37.0 Å². The molecule has 1 N–H and O–H groups in total. The van der Waals surface area contributed by atoms with Crippen LogP contribution in [0.4, 0.5) is 5.69 Å². The number of hydrogen-bond donors (Lipinski definition) is 1. The monoisotopic (exact) mass is 650 g/mol. The lowest BCUT2D eigenvalue weighted by atomic mass is 9.80. The lowest BCUT2D eigenvalue weighted by Crippen LogP contribution is -2.54. The van der Waals surface area contributed by atoms with Gasteiger partial charge in [-0.05, 0) is 66.9 Å². The van der Waals surface area contributed by atoms with Crippen LogP contribution in [0.1, 0.15) is 55.3 Å². The molecule has 0 saturated carbocycles. The first-order valence-corrected chi connectivity index (χ1v) is 16.6. The molecule has 45 heavy (non-hydrogen) atoms. The highest BCUT2D eigenvalue weighted by Gasteiger charge is 2.62. The van der Waals surface area contributed by atoms with E-state index < -0.39 is 27.5 Å². The van der Waals surface area contributed by atoms with E-state index in [-0.39, 0.29) is 16.6 Å². The number of anilines is 1. The highest BCUT2D eigenvalue weighted by molar-refractivity contribution is 7.93. The second kappa shape index (κ2) is 12.1. The average molecular weight is 651 g/mol. The van der Waals surface area contributed by atoms with Gasteiger partial charge in [-0.3, -0.25) is 9.69 Å². The van der Waals surface area contributed by atoms with E-state index in [1.54, 1.807) is 43.6 Å². The minimum absolute atomic E-state index is 0.0545. The first kappa shape index (κ1) is 31.1. The van der Waals surface area contributed by atoms with Gasteiger partial charge in [-0.1, -0.05) is 37.6 Å². The first-order valence-electron chi connectivity index (χ1n) is 14.7. The van der Waals surface area contributed by atoms with Crippen molar-refractivity contribution in [3.05, 3.63) is 101 Å². The van der Waals surface area contributed by atoms with Crippen LogP contribution < -0.4 is 19.1 Å². The summed E-state index contributed by atoms with van der Waals surface area (Å²) in [4.78, 5) is 21.7. The fraction of sp³-hybridized carbons (Fsp3) is 0.333. The lowest BCUT2D eigenvalue weighted by molar-refractivity contribution is -0.127. The molecule has 10 nitrogen and oxygen atoms in total. The van der Waals surface area contributed by atoms with Gasteiger partial charge >= 0.3 is 0 Å². The number of aromatic nitrogens is 1. The molecule has 236 valence electrons. The van der Waals surface area contributed by atoms with Gasteiger partial charge in [-0.25, -0.2) is 17.7 Å². The molecule has 2 atom stereocenters. The Balaban J connectivity index is 1.62. The number of fused-ring (bicyclic) bond motifs is 1. The Morgan fingerprint density at radius 2 is 1.84 bits per heavy atom. The number of nitrogens with one attached hydrogen (secondary N) is 1. The Labute approximate surface area is 268 Å². The molecule has 2 aliphatic rings. The molecule has 0 spiro atoms. The standard InChI is InChI=1S/C33H35ClN4O6S/c1-21(2)36-20-22-7-13-26(30(18-22)43-4)33(37-16-5-6-29(37)31-35-15-17-44-31)27-19-23(34)8-14-28(27)38(32(33)39)45(40,41)25-11-9-24(42-3)10-12-25/h7-15,17-19,21,29,36H,5-6,16,20H2,1-4H3/t29-,33?/m0/s1. The van der Waals surface area contributed by atoms with E-state index in [2.05, 4.69) is 24.1 Å². The summed E-state index contributed by atoms with van der Waals surface area (Å²) in [6.07, 6.45) is 4.44. The Kier molecular flexibility index (Phi) is 8.38. The van der Waals surface area contributed by atoms with Crippen LogP contribution in [0, 0.1) is 0 Å². The second-order valence-electron chi connectivity index (χ2n) is 11.4. The van der Waals surface area contributed by atoms with E-state index in [1.807, 2.05) is 23.1 Å². The molecule has 0 aliphatic carbocycles. The van der Waals surface area contributed by atoms with Gasteiger partial charge < -0.3 is 19.2 Å². The number of nitrogens with zero attached hydrogens (tertiary/aromatic N) is 3. The van der Waals surface area contributed by atoms with Crippen LogP contribution >= 0.6 is 11.6 Å². The van der Waals surface area contributed by atoms with E-state index >= 15 is 4.79 Å². The average Bonchev–Trinajstić information content (AvgIpc) is 3.79. The number of hydrogen-bond acceptors (Lipinski definition) is 9. The number of sulfonamides is 1. The molecule has 1 amide bonds. The third kappa shape index (κ3) is 5.17. The number of carbonyl (C=O) groups is 1. The number of amides is 1. The van der Waals surface area contributed by atoms with Gasteiger partial charge in [-0.15, -0.1) is 0 Å². The van der Waals surface area contributed by atoms with Gasteiger partial charge in [0.25, 0.3) is 15.9 Å². The molecule has 3 heterocycles. The van der Waals surface area contributed by atoms with Gasteiger partial charge in [-0.2, -0.15) is 0 Å². The fourth-order valence-corrected chi connectivity index (χ4v) is 8.05. The first-order chi connectivity index (χ1) is 21.6. The van der Waals surface area contributed by atoms with Crippen LogP contribution in [0.25, 0.3) is 0 Å². The van der Waals surface area contributed by atoms with Gasteiger partial charge in [0.15, 0.2) is 5.54 Å². The summed E-state index contributed by atoms with van der Waals surface area (Å²) in [6.45, 7) is 5.16. The highest BCUT2D eigenvalue weighted by Crippen LogP contribution is 2.56. The minimum atomic E-state index is -4.40. The van der Waals surface area contributed by atoms with E-state index in [1.165, 1.54) is 25.5 Å². The highest BCUT2D eigenvalue weighted by atomic mass is 35.5. The number of oxazole rings is 1. The molecule has 12 heteroatoms. The summed E-state index contributed by atoms with van der Waals surface area (Å²) in [5.41, 5.74) is 0.445. The van der Waals surface area contributed by atoms with Crippen LogP contribution in [0.15, 0.2) is 82.4 Å². The Morgan fingerprint density at radius 3 is 2.51 bits per heavy atom. The molecule has 4 aromatic rings. The lowest BCUT2D eigenvalue weighted by Gasteiger charge is -2.41. The van der Waals surface area contributed by atoms with Crippen LogP contribution in [-0.4, -0.2) is 51.0 Å². The van der Waals surface area contributed by atoms with Gasteiger partial charge in [0.2, 0.25) is 5.89 Å². The zero-order chi connectivity index (χ0) is 31.9. The molecule has 6 rings (SSSR count). The minimum Gasteiger partial charge on any atom is -0.497 e. The van der Waals surface area contributed by atoms with Gasteiger partial charge in [0.1, 0.15) is 17.8 Å². The quantitative estimate of drug-likeness (QED) is 0.232. The zero-order valence-corrected chi connectivity index (χ0v) is 27.1. The van der Waals surface area contributed by atoms with E-state index in [0.29, 0.717) is 53.0 Å². The largest absolute Gasteiger partial charge is 0.497 e. The van der Waals surface area contributed by atoms with E-state index in [4.69, 9.17) is 25.5 Å². The van der Waals surface area contributed by atoms with Crippen LogP contribution in [0.5, 0.6) is 11.5 Å². The number of methoxy groups -OCH3 is 2. The number of rotatable bonds is 10. The second-order valence-corrected chi connectivity index (χ2v) is 13.6. The number of carbonyl (C=O) groups excluding carboxylic acids is 1. The molecule has 1 saturated heterocycles. The van der Waals surface area contributed by atoms with Crippen molar-refractivity contribution in [2.24, 2.45) is 0 Å². The van der Waals surface area contributed by atoms with Crippen molar-refractivity contribution in [2.75, 3.05) is 25.1 Å². The van der Waals surface area contributed by atoms with Crippen LogP contribution in [-0.2, 0) is 26.9 Å². The normalized spacial score (nSPS) is 20.2. The van der Waals surface area contributed by atoms with Gasteiger partial charge in [0, 0.05) is 35.3 Å². The SMILES string of the molecule is COc1ccc(S(=O)(=O)N2C(=O)C(c3ccc(CNC(C)C)cc3OC)(N3CCC[C@H]3c3ncco3)c3cc(Cl)ccc32)cc1. The maximum atomic E-state index is 15.3.